The van der Waals surface area contributed by atoms with E-state index in [-0.39, 0.29) is 0 Å². The number of hydrogen-bond donors (Lipinski definition) is 1. The van der Waals surface area contributed by atoms with Crippen LogP contribution in [0.1, 0.15) is 31.6 Å². The minimum absolute atomic E-state index is 0.367. The van der Waals surface area contributed by atoms with Gasteiger partial charge in [-0.15, -0.1) is 11.3 Å². The van der Waals surface area contributed by atoms with E-state index in [1.807, 2.05) is 11.3 Å². The van der Waals surface area contributed by atoms with Crippen LogP contribution in [0.15, 0.2) is 15.9 Å². The Labute approximate surface area is 123 Å². The Kier molecular flexibility index (Phi) is 6.56. The van der Waals surface area contributed by atoms with Gasteiger partial charge in [0.1, 0.15) is 0 Å². The van der Waals surface area contributed by atoms with Crippen LogP contribution < -0.4 is 0 Å². The highest BCUT2D eigenvalue weighted by atomic mass is 79.9. The molecule has 17 heavy (non-hydrogen) atoms. The third-order valence-electron chi connectivity index (χ3n) is 3.49. The summed E-state index contributed by atoms with van der Waals surface area (Å²) in [7, 11) is 2.21. The Bertz CT molecular complexity index is 326. The van der Waals surface area contributed by atoms with E-state index in [1.54, 1.807) is 0 Å². The van der Waals surface area contributed by atoms with Gasteiger partial charge in [0, 0.05) is 27.8 Å². The average Bonchev–Trinajstić information content (AvgIpc) is 2.72. The van der Waals surface area contributed by atoms with Gasteiger partial charge in [0.2, 0.25) is 0 Å². The summed E-state index contributed by atoms with van der Waals surface area (Å²) < 4.78 is 1.19. The number of hydrogen-bond acceptors (Lipinski definition) is 3. The summed E-state index contributed by atoms with van der Waals surface area (Å²) in [4.78, 5) is 3.83. The van der Waals surface area contributed by atoms with E-state index in [0.29, 0.717) is 5.41 Å². The van der Waals surface area contributed by atoms with Crippen LogP contribution in [-0.2, 0) is 6.54 Å². The summed E-state index contributed by atoms with van der Waals surface area (Å²) in [6.07, 6.45) is 2.40. The summed E-state index contributed by atoms with van der Waals surface area (Å²) in [6, 6.07) is 2.21. The average molecular weight is 336 g/mol. The highest BCUT2D eigenvalue weighted by molar-refractivity contribution is 9.10. The van der Waals surface area contributed by atoms with Crippen LogP contribution in [0, 0.1) is 5.41 Å². The molecule has 0 radical (unpaired) electrons. The van der Waals surface area contributed by atoms with Gasteiger partial charge in [-0.2, -0.15) is 12.6 Å². The molecular formula is C13H22BrNS2. The molecule has 0 atom stereocenters. The maximum atomic E-state index is 4.53. The fourth-order valence-corrected chi connectivity index (χ4v) is 4.16. The second-order valence-corrected chi connectivity index (χ2v) is 7.00. The normalized spacial score (nSPS) is 12.4. The summed E-state index contributed by atoms with van der Waals surface area (Å²) >= 11 is 9.86. The summed E-state index contributed by atoms with van der Waals surface area (Å²) in [5.41, 5.74) is 0.367. The van der Waals surface area contributed by atoms with Crippen molar-refractivity contribution in [1.29, 1.82) is 0 Å². The van der Waals surface area contributed by atoms with E-state index in [1.165, 1.54) is 22.2 Å². The number of nitrogens with zero attached hydrogens (tertiary/aromatic N) is 1. The van der Waals surface area contributed by atoms with Crippen molar-refractivity contribution in [3.8, 4) is 0 Å². The number of rotatable bonds is 7. The minimum atomic E-state index is 0.367. The van der Waals surface area contributed by atoms with Crippen molar-refractivity contribution >= 4 is 39.9 Å². The van der Waals surface area contributed by atoms with Gasteiger partial charge in [0.25, 0.3) is 0 Å². The largest absolute Gasteiger partial charge is 0.301 e. The molecular weight excluding hydrogens is 314 g/mol. The molecule has 0 bridgehead atoms. The predicted molar refractivity (Wildman–Crippen MR) is 85.2 cm³/mol. The topological polar surface area (TPSA) is 3.24 Å². The van der Waals surface area contributed by atoms with E-state index in [2.05, 4.69) is 65.8 Å². The van der Waals surface area contributed by atoms with Crippen LogP contribution in [0.3, 0.4) is 0 Å². The zero-order chi connectivity index (χ0) is 12.9. The molecule has 0 amide bonds. The first-order valence-electron chi connectivity index (χ1n) is 6.07. The molecule has 0 fully saturated rings. The Hall–Kier alpha value is 0.490. The Morgan fingerprint density at radius 3 is 2.47 bits per heavy atom. The van der Waals surface area contributed by atoms with Gasteiger partial charge in [-0.1, -0.05) is 13.8 Å². The van der Waals surface area contributed by atoms with Gasteiger partial charge >= 0.3 is 0 Å². The molecule has 1 nitrogen and oxygen atoms in total. The maximum Gasteiger partial charge on any atom is 0.0325 e. The van der Waals surface area contributed by atoms with E-state index in [0.717, 1.165) is 18.8 Å². The van der Waals surface area contributed by atoms with Gasteiger partial charge < -0.3 is 4.90 Å². The third kappa shape index (κ3) is 4.58. The molecule has 0 aliphatic heterocycles. The summed E-state index contributed by atoms with van der Waals surface area (Å²) in [5.74, 6) is 0.971. The molecule has 0 unspecified atom stereocenters. The van der Waals surface area contributed by atoms with Crippen molar-refractivity contribution < 1.29 is 0 Å². The Balaban J connectivity index is 2.56. The molecule has 0 aromatic carbocycles. The van der Waals surface area contributed by atoms with Crippen molar-refractivity contribution in [3.63, 3.8) is 0 Å². The van der Waals surface area contributed by atoms with Crippen LogP contribution in [0.4, 0.5) is 0 Å². The zero-order valence-electron chi connectivity index (χ0n) is 10.9. The van der Waals surface area contributed by atoms with Crippen molar-refractivity contribution in [2.24, 2.45) is 5.41 Å². The first-order chi connectivity index (χ1) is 8.05. The summed E-state index contributed by atoms with van der Waals surface area (Å²) in [6.45, 7) is 6.70. The lowest BCUT2D eigenvalue weighted by Crippen LogP contribution is -2.36. The van der Waals surface area contributed by atoms with Crippen molar-refractivity contribution in [2.75, 3.05) is 19.3 Å². The standard InChI is InChI=1S/C13H22BrNS2/c1-4-13(5-2,10-16)9-15(3)7-12-6-11(14)8-17-12/h6,8,16H,4-5,7,9-10H2,1-3H3. The first-order valence-corrected chi connectivity index (χ1v) is 8.38. The molecule has 1 rings (SSSR count). The van der Waals surface area contributed by atoms with E-state index in [9.17, 15) is 0 Å². The molecule has 0 saturated heterocycles. The second-order valence-electron chi connectivity index (χ2n) is 4.77. The number of halogens is 1. The van der Waals surface area contributed by atoms with Crippen LogP contribution in [0.2, 0.25) is 0 Å². The lowest BCUT2D eigenvalue weighted by molar-refractivity contribution is 0.180. The molecule has 98 valence electrons. The monoisotopic (exact) mass is 335 g/mol. The predicted octanol–water partition coefficient (Wildman–Crippen LogP) is 4.68. The van der Waals surface area contributed by atoms with E-state index in [4.69, 9.17) is 0 Å². The molecule has 0 aliphatic carbocycles. The number of thiol groups is 1. The van der Waals surface area contributed by atoms with Gasteiger partial charge in [0.05, 0.1) is 0 Å². The Morgan fingerprint density at radius 1 is 1.41 bits per heavy atom. The molecule has 0 saturated carbocycles. The fraction of sp³-hybridized carbons (Fsp3) is 0.692. The van der Waals surface area contributed by atoms with Crippen LogP contribution in [-0.4, -0.2) is 24.2 Å². The molecule has 0 aliphatic rings. The molecule has 0 spiro atoms. The van der Waals surface area contributed by atoms with Crippen LogP contribution in [0.5, 0.6) is 0 Å². The molecule has 0 N–H and O–H groups in total. The highest BCUT2D eigenvalue weighted by Crippen LogP contribution is 2.29. The van der Waals surface area contributed by atoms with Crippen molar-refractivity contribution in [3.05, 3.63) is 20.8 Å². The van der Waals surface area contributed by atoms with E-state index < -0.39 is 0 Å². The maximum absolute atomic E-state index is 4.53. The quantitative estimate of drug-likeness (QED) is 0.708. The van der Waals surface area contributed by atoms with Crippen LogP contribution in [0.25, 0.3) is 0 Å². The SMILES string of the molecule is CCC(CC)(CS)CN(C)Cc1cc(Br)cs1. The molecule has 1 aromatic rings. The molecule has 1 heterocycles. The third-order valence-corrected chi connectivity index (χ3v) is 5.84. The lowest BCUT2D eigenvalue weighted by atomic mass is 9.84. The highest BCUT2D eigenvalue weighted by Gasteiger charge is 2.26. The minimum Gasteiger partial charge on any atom is -0.301 e. The van der Waals surface area contributed by atoms with Gasteiger partial charge in [-0.3, -0.25) is 0 Å². The smallest absolute Gasteiger partial charge is 0.0325 e. The van der Waals surface area contributed by atoms with Crippen molar-refractivity contribution in [1.82, 2.24) is 4.90 Å². The van der Waals surface area contributed by atoms with Crippen molar-refractivity contribution in [2.45, 2.75) is 33.2 Å². The lowest BCUT2D eigenvalue weighted by Gasteiger charge is -2.34. The first kappa shape index (κ1) is 15.5. The zero-order valence-corrected chi connectivity index (χ0v) is 14.2. The van der Waals surface area contributed by atoms with Gasteiger partial charge in [-0.25, -0.2) is 0 Å². The summed E-state index contributed by atoms with van der Waals surface area (Å²) in [5, 5.41) is 2.15. The number of thiophene rings is 1. The molecule has 4 heteroatoms. The fourth-order valence-electron chi connectivity index (χ4n) is 2.08. The Morgan fingerprint density at radius 2 is 2.06 bits per heavy atom. The van der Waals surface area contributed by atoms with Gasteiger partial charge in [0.15, 0.2) is 0 Å². The van der Waals surface area contributed by atoms with E-state index >= 15 is 0 Å². The van der Waals surface area contributed by atoms with Gasteiger partial charge in [-0.05, 0) is 53.1 Å². The molecule has 1 aromatic heterocycles. The van der Waals surface area contributed by atoms with Crippen LogP contribution >= 0.6 is 39.9 Å². The second kappa shape index (κ2) is 7.17.